The van der Waals surface area contributed by atoms with Crippen LogP contribution in [0.3, 0.4) is 0 Å². The van der Waals surface area contributed by atoms with E-state index in [0.717, 1.165) is 30.9 Å². The number of hydrogen-bond acceptors (Lipinski definition) is 6. The maximum absolute atomic E-state index is 11.9. The van der Waals surface area contributed by atoms with Gasteiger partial charge >= 0.3 is 0 Å². The van der Waals surface area contributed by atoms with E-state index < -0.39 is 0 Å². The molecule has 0 aromatic carbocycles. The molecule has 2 aromatic rings. The SMILES string of the molecule is Cc1cn2c(n1)CCC(NC(=O)COCc1nc(C)no1)C2. The standard InChI is InChI=1S/C14H19N5O3/c1-9-5-19-6-11(3-4-12(19)15-9)17-13(20)7-21-8-14-16-10(2)18-22-14/h5,11H,3-4,6-8H2,1-2H3,(H,17,20). The lowest BCUT2D eigenvalue weighted by atomic mass is 10.1. The molecule has 0 aliphatic carbocycles. The van der Waals surface area contributed by atoms with Crippen molar-refractivity contribution in [1.29, 1.82) is 0 Å². The fraction of sp³-hybridized carbons (Fsp3) is 0.571. The zero-order valence-electron chi connectivity index (χ0n) is 12.7. The van der Waals surface area contributed by atoms with Crippen LogP contribution in [0, 0.1) is 13.8 Å². The Kier molecular flexibility index (Phi) is 4.19. The van der Waals surface area contributed by atoms with Gasteiger partial charge in [-0.2, -0.15) is 4.98 Å². The summed E-state index contributed by atoms with van der Waals surface area (Å²) in [5.74, 6) is 1.88. The van der Waals surface area contributed by atoms with Gasteiger partial charge in [-0.25, -0.2) is 4.98 Å². The van der Waals surface area contributed by atoms with E-state index in [1.54, 1.807) is 6.92 Å². The number of imidazole rings is 1. The van der Waals surface area contributed by atoms with Crippen molar-refractivity contribution in [2.24, 2.45) is 0 Å². The minimum atomic E-state index is -0.137. The number of nitrogens with zero attached hydrogens (tertiary/aromatic N) is 4. The number of ether oxygens (including phenoxy) is 1. The molecule has 0 saturated heterocycles. The largest absolute Gasteiger partial charge is 0.362 e. The first kappa shape index (κ1) is 14.7. The summed E-state index contributed by atoms with van der Waals surface area (Å²) in [5.41, 5.74) is 1.01. The number of aromatic nitrogens is 4. The molecule has 1 N–H and O–H groups in total. The Bertz CT molecular complexity index is 663. The highest BCUT2D eigenvalue weighted by Gasteiger charge is 2.21. The van der Waals surface area contributed by atoms with Gasteiger partial charge in [0.1, 0.15) is 19.0 Å². The van der Waals surface area contributed by atoms with E-state index in [0.29, 0.717) is 11.7 Å². The topological polar surface area (TPSA) is 95.1 Å². The Labute approximate surface area is 127 Å². The van der Waals surface area contributed by atoms with Crippen LogP contribution in [0.4, 0.5) is 0 Å². The maximum Gasteiger partial charge on any atom is 0.252 e. The molecule has 0 bridgehead atoms. The van der Waals surface area contributed by atoms with Gasteiger partial charge in [0.15, 0.2) is 5.82 Å². The summed E-state index contributed by atoms with van der Waals surface area (Å²) in [4.78, 5) is 20.4. The normalized spacial score (nSPS) is 17.3. The van der Waals surface area contributed by atoms with E-state index in [1.165, 1.54) is 0 Å². The van der Waals surface area contributed by atoms with E-state index in [2.05, 4.69) is 25.0 Å². The summed E-state index contributed by atoms with van der Waals surface area (Å²) >= 11 is 0. The highest BCUT2D eigenvalue weighted by molar-refractivity contribution is 5.77. The quantitative estimate of drug-likeness (QED) is 0.866. The van der Waals surface area contributed by atoms with Crippen molar-refractivity contribution in [2.75, 3.05) is 6.61 Å². The molecule has 2 aromatic heterocycles. The van der Waals surface area contributed by atoms with Crippen LogP contribution in [-0.2, 0) is 29.1 Å². The lowest BCUT2D eigenvalue weighted by molar-refractivity contribution is -0.127. The predicted octanol–water partition coefficient (Wildman–Crippen LogP) is 0.531. The Morgan fingerprint density at radius 1 is 1.50 bits per heavy atom. The zero-order valence-corrected chi connectivity index (χ0v) is 12.7. The number of amides is 1. The number of carbonyl (C=O) groups excluding carboxylic acids is 1. The Balaban J connectivity index is 1.42. The second-order valence-electron chi connectivity index (χ2n) is 5.48. The number of rotatable bonds is 5. The number of carbonyl (C=O) groups is 1. The molecule has 8 heteroatoms. The van der Waals surface area contributed by atoms with Crippen LogP contribution < -0.4 is 5.32 Å². The van der Waals surface area contributed by atoms with Gasteiger partial charge in [0.25, 0.3) is 5.89 Å². The van der Waals surface area contributed by atoms with Gasteiger partial charge in [-0.05, 0) is 20.3 Å². The lowest BCUT2D eigenvalue weighted by Crippen LogP contribution is -2.42. The second kappa shape index (κ2) is 6.27. The Morgan fingerprint density at radius 2 is 2.36 bits per heavy atom. The van der Waals surface area contributed by atoms with Gasteiger partial charge in [-0.1, -0.05) is 5.16 Å². The predicted molar refractivity (Wildman–Crippen MR) is 75.9 cm³/mol. The van der Waals surface area contributed by atoms with Crippen molar-refractivity contribution < 1.29 is 14.1 Å². The van der Waals surface area contributed by atoms with Crippen LogP contribution in [0.5, 0.6) is 0 Å². The monoisotopic (exact) mass is 305 g/mol. The smallest absolute Gasteiger partial charge is 0.252 e. The van der Waals surface area contributed by atoms with Crippen LogP contribution in [0.2, 0.25) is 0 Å². The molecule has 0 spiro atoms. The maximum atomic E-state index is 11.9. The third-order valence-corrected chi connectivity index (χ3v) is 3.51. The minimum Gasteiger partial charge on any atom is -0.362 e. The molecule has 0 fully saturated rings. The van der Waals surface area contributed by atoms with Crippen molar-refractivity contribution in [3.8, 4) is 0 Å². The van der Waals surface area contributed by atoms with Gasteiger partial charge in [0.2, 0.25) is 5.91 Å². The fourth-order valence-corrected chi connectivity index (χ4v) is 2.60. The summed E-state index contributed by atoms with van der Waals surface area (Å²) in [6, 6.07) is 0.114. The van der Waals surface area contributed by atoms with Crippen LogP contribution in [0.25, 0.3) is 0 Å². The molecular formula is C14H19N5O3. The van der Waals surface area contributed by atoms with Crippen molar-refractivity contribution in [2.45, 2.75) is 45.9 Å². The minimum absolute atomic E-state index is 0.0201. The molecule has 1 aliphatic heterocycles. The van der Waals surface area contributed by atoms with E-state index in [4.69, 9.17) is 9.26 Å². The molecule has 3 rings (SSSR count). The molecule has 8 nitrogen and oxygen atoms in total. The third kappa shape index (κ3) is 3.51. The molecule has 1 amide bonds. The van der Waals surface area contributed by atoms with Crippen molar-refractivity contribution in [3.05, 3.63) is 29.4 Å². The second-order valence-corrected chi connectivity index (χ2v) is 5.48. The average Bonchev–Trinajstić information content (AvgIpc) is 3.03. The average molecular weight is 305 g/mol. The van der Waals surface area contributed by atoms with E-state index >= 15 is 0 Å². The van der Waals surface area contributed by atoms with Gasteiger partial charge < -0.3 is 19.1 Å². The third-order valence-electron chi connectivity index (χ3n) is 3.51. The molecule has 1 aliphatic rings. The number of fused-ring (bicyclic) bond motifs is 1. The molecule has 1 unspecified atom stereocenters. The molecule has 3 heterocycles. The molecule has 0 radical (unpaired) electrons. The van der Waals surface area contributed by atoms with Crippen molar-refractivity contribution >= 4 is 5.91 Å². The summed E-state index contributed by atoms with van der Waals surface area (Å²) in [5, 5.41) is 6.64. The van der Waals surface area contributed by atoms with Gasteiger partial charge in [0.05, 0.1) is 5.69 Å². The fourth-order valence-electron chi connectivity index (χ4n) is 2.60. The number of aryl methyl sites for hydroxylation is 3. The first-order valence-corrected chi connectivity index (χ1v) is 7.29. The van der Waals surface area contributed by atoms with Crippen LogP contribution in [0.1, 0.15) is 29.7 Å². The first-order chi connectivity index (χ1) is 10.6. The van der Waals surface area contributed by atoms with E-state index in [-0.39, 0.29) is 25.2 Å². The summed E-state index contributed by atoms with van der Waals surface area (Å²) < 4.78 is 12.3. The summed E-state index contributed by atoms with van der Waals surface area (Å²) in [6.45, 7) is 4.59. The van der Waals surface area contributed by atoms with Gasteiger partial charge in [-0.15, -0.1) is 0 Å². The molecule has 22 heavy (non-hydrogen) atoms. The molecule has 118 valence electrons. The molecular weight excluding hydrogens is 286 g/mol. The zero-order chi connectivity index (χ0) is 15.5. The summed E-state index contributed by atoms with van der Waals surface area (Å²) in [6.07, 6.45) is 3.79. The molecule has 1 atom stereocenters. The van der Waals surface area contributed by atoms with Crippen LogP contribution in [0.15, 0.2) is 10.7 Å². The first-order valence-electron chi connectivity index (χ1n) is 7.29. The van der Waals surface area contributed by atoms with Gasteiger partial charge in [0, 0.05) is 25.2 Å². The summed E-state index contributed by atoms with van der Waals surface area (Å²) in [7, 11) is 0. The van der Waals surface area contributed by atoms with Crippen LogP contribution >= 0.6 is 0 Å². The van der Waals surface area contributed by atoms with Gasteiger partial charge in [-0.3, -0.25) is 4.79 Å². The van der Waals surface area contributed by atoms with Crippen LogP contribution in [-0.4, -0.2) is 38.2 Å². The number of hydrogen-bond donors (Lipinski definition) is 1. The highest BCUT2D eigenvalue weighted by Crippen LogP contribution is 2.14. The number of nitrogens with one attached hydrogen (secondary N) is 1. The Hall–Kier alpha value is -2.22. The van der Waals surface area contributed by atoms with E-state index in [1.807, 2.05) is 13.1 Å². The van der Waals surface area contributed by atoms with Crippen molar-refractivity contribution in [3.63, 3.8) is 0 Å². The van der Waals surface area contributed by atoms with Crippen molar-refractivity contribution in [1.82, 2.24) is 25.0 Å². The molecule has 0 saturated carbocycles. The van der Waals surface area contributed by atoms with E-state index in [9.17, 15) is 4.79 Å². The Morgan fingerprint density at radius 3 is 3.14 bits per heavy atom. The highest BCUT2D eigenvalue weighted by atomic mass is 16.5. The lowest BCUT2D eigenvalue weighted by Gasteiger charge is -2.24.